The molecule has 1 aromatic heterocycles. The van der Waals surface area contributed by atoms with Gasteiger partial charge in [-0.15, -0.1) is 11.3 Å². The van der Waals surface area contributed by atoms with Gasteiger partial charge in [0.05, 0.1) is 11.3 Å². The molecule has 0 aliphatic rings. The molecule has 3 rings (SSSR count). The summed E-state index contributed by atoms with van der Waals surface area (Å²) in [7, 11) is 0. The molecule has 98 valence electrons. The fourth-order valence-corrected chi connectivity index (χ4v) is 3.40. The van der Waals surface area contributed by atoms with Gasteiger partial charge in [-0.25, -0.2) is 0 Å². The first-order valence-electron chi connectivity index (χ1n) is 6.63. The summed E-state index contributed by atoms with van der Waals surface area (Å²) in [6, 6.07) is 12.4. The average Bonchev–Trinajstić information content (AvgIpc) is 2.78. The highest BCUT2D eigenvalue weighted by molar-refractivity contribution is 7.26. The van der Waals surface area contributed by atoms with E-state index in [4.69, 9.17) is 10.5 Å². The van der Waals surface area contributed by atoms with Gasteiger partial charge in [-0.3, -0.25) is 0 Å². The predicted octanol–water partition coefficient (Wildman–Crippen LogP) is 4.82. The van der Waals surface area contributed by atoms with Crippen LogP contribution < -0.4 is 10.5 Å². The molecule has 0 saturated carbocycles. The van der Waals surface area contributed by atoms with E-state index in [0.29, 0.717) is 0 Å². The van der Waals surface area contributed by atoms with Gasteiger partial charge in [-0.1, -0.05) is 31.5 Å². The third-order valence-electron chi connectivity index (χ3n) is 3.22. The molecule has 3 heteroatoms. The highest BCUT2D eigenvalue weighted by Crippen LogP contribution is 2.40. The van der Waals surface area contributed by atoms with Crippen molar-refractivity contribution in [2.45, 2.75) is 19.8 Å². The molecule has 3 aromatic rings. The largest absolute Gasteiger partial charge is 0.492 e. The Morgan fingerprint density at radius 1 is 1.16 bits per heavy atom. The lowest BCUT2D eigenvalue weighted by molar-refractivity contribution is 0.313. The van der Waals surface area contributed by atoms with Gasteiger partial charge >= 0.3 is 0 Å². The molecule has 2 nitrogen and oxygen atoms in total. The quantitative estimate of drug-likeness (QED) is 0.545. The van der Waals surface area contributed by atoms with Crippen LogP contribution in [0.15, 0.2) is 36.4 Å². The molecular formula is C16H17NOS. The fraction of sp³-hybridized carbons (Fsp3) is 0.250. The van der Waals surface area contributed by atoms with E-state index >= 15 is 0 Å². The third-order valence-corrected chi connectivity index (χ3v) is 4.42. The maximum Gasteiger partial charge on any atom is 0.139 e. The molecular weight excluding hydrogens is 254 g/mol. The van der Waals surface area contributed by atoms with E-state index in [1.165, 1.54) is 20.2 Å². The molecule has 0 radical (unpaired) electrons. The monoisotopic (exact) mass is 271 g/mol. The Balaban J connectivity index is 2.15. The first-order valence-corrected chi connectivity index (χ1v) is 7.45. The van der Waals surface area contributed by atoms with Gasteiger partial charge in [0.2, 0.25) is 0 Å². The summed E-state index contributed by atoms with van der Waals surface area (Å²) in [4.78, 5) is 0. The molecule has 0 unspecified atom stereocenters. The molecule has 0 atom stereocenters. The molecule has 0 aliphatic heterocycles. The number of benzene rings is 2. The molecule has 0 aliphatic carbocycles. The van der Waals surface area contributed by atoms with Crippen LogP contribution in [0.1, 0.15) is 19.8 Å². The summed E-state index contributed by atoms with van der Waals surface area (Å²) in [5.41, 5.74) is 6.77. The Hall–Kier alpha value is -1.74. The van der Waals surface area contributed by atoms with Crippen molar-refractivity contribution >= 4 is 37.2 Å². The summed E-state index contributed by atoms with van der Waals surface area (Å²) >= 11 is 1.77. The van der Waals surface area contributed by atoms with Gasteiger partial charge in [0.15, 0.2) is 0 Å². The van der Waals surface area contributed by atoms with Crippen LogP contribution in [0.5, 0.6) is 5.75 Å². The summed E-state index contributed by atoms with van der Waals surface area (Å²) in [5, 5.41) is 2.46. The lowest BCUT2D eigenvalue weighted by Gasteiger charge is -2.07. The number of hydrogen-bond donors (Lipinski definition) is 1. The number of fused-ring (bicyclic) bond motifs is 3. The number of unbranched alkanes of at least 4 members (excludes halogenated alkanes) is 1. The van der Waals surface area contributed by atoms with Crippen LogP contribution in [0.25, 0.3) is 20.2 Å². The van der Waals surface area contributed by atoms with E-state index in [0.717, 1.165) is 30.9 Å². The summed E-state index contributed by atoms with van der Waals surface area (Å²) in [6.45, 7) is 2.92. The fourth-order valence-electron chi connectivity index (χ4n) is 2.25. The number of nitrogen functional groups attached to an aromatic ring is 1. The molecule has 2 N–H and O–H groups in total. The van der Waals surface area contributed by atoms with E-state index in [9.17, 15) is 0 Å². The van der Waals surface area contributed by atoms with E-state index in [-0.39, 0.29) is 0 Å². The smallest absolute Gasteiger partial charge is 0.139 e. The van der Waals surface area contributed by atoms with Crippen LogP contribution in [-0.4, -0.2) is 6.61 Å². The normalized spacial score (nSPS) is 11.2. The molecule has 0 saturated heterocycles. The van der Waals surface area contributed by atoms with Crippen molar-refractivity contribution in [3.05, 3.63) is 36.4 Å². The maximum absolute atomic E-state index is 6.00. The third kappa shape index (κ3) is 2.26. The van der Waals surface area contributed by atoms with Crippen LogP contribution in [0.4, 0.5) is 5.69 Å². The number of hydrogen-bond acceptors (Lipinski definition) is 3. The average molecular weight is 271 g/mol. The maximum atomic E-state index is 6.00. The number of thiophene rings is 1. The first kappa shape index (κ1) is 12.3. The van der Waals surface area contributed by atoms with E-state index < -0.39 is 0 Å². The van der Waals surface area contributed by atoms with E-state index in [1.807, 2.05) is 12.1 Å². The van der Waals surface area contributed by atoms with Gasteiger partial charge in [0.25, 0.3) is 0 Å². The Kier molecular flexibility index (Phi) is 3.30. The lowest BCUT2D eigenvalue weighted by atomic mass is 10.1. The van der Waals surface area contributed by atoms with Crippen molar-refractivity contribution in [3.63, 3.8) is 0 Å². The van der Waals surface area contributed by atoms with E-state index in [1.54, 1.807) is 11.3 Å². The zero-order valence-corrected chi connectivity index (χ0v) is 11.8. The lowest BCUT2D eigenvalue weighted by Crippen LogP contribution is -1.97. The highest BCUT2D eigenvalue weighted by Gasteiger charge is 2.10. The van der Waals surface area contributed by atoms with Crippen LogP contribution in [0.3, 0.4) is 0 Å². The molecule has 2 aromatic carbocycles. The molecule has 1 heterocycles. The standard InChI is InChI=1S/C16H17NOS/c1-2-3-8-18-14-10-11(17)9-13-12-6-4-5-7-15(12)19-16(13)14/h4-7,9-10H,2-3,8,17H2,1H3. The Labute approximate surface area is 116 Å². The van der Waals surface area contributed by atoms with Crippen molar-refractivity contribution in [3.8, 4) is 5.75 Å². The van der Waals surface area contributed by atoms with Gasteiger partial charge < -0.3 is 10.5 Å². The first-order chi connectivity index (χ1) is 9.29. The van der Waals surface area contributed by atoms with Crippen molar-refractivity contribution < 1.29 is 4.74 Å². The predicted molar refractivity (Wildman–Crippen MR) is 84.1 cm³/mol. The van der Waals surface area contributed by atoms with Crippen LogP contribution >= 0.6 is 11.3 Å². The van der Waals surface area contributed by atoms with Gasteiger partial charge in [-0.05, 0) is 18.6 Å². The summed E-state index contributed by atoms with van der Waals surface area (Å²) in [6.07, 6.45) is 2.21. The Morgan fingerprint density at radius 3 is 2.84 bits per heavy atom. The van der Waals surface area contributed by atoms with Crippen LogP contribution in [0.2, 0.25) is 0 Å². The van der Waals surface area contributed by atoms with Crippen molar-refractivity contribution in [2.24, 2.45) is 0 Å². The minimum atomic E-state index is 0.753. The second-order valence-corrected chi connectivity index (χ2v) is 5.75. The minimum absolute atomic E-state index is 0.753. The van der Waals surface area contributed by atoms with Crippen molar-refractivity contribution in [1.29, 1.82) is 0 Å². The zero-order valence-electron chi connectivity index (χ0n) is 11.0. The van der Waals surface area contributed by atoms with Crippen molar-refractivity contribution in [2.75, 3.05) is 12.3 Å². The molecule has 0 bridgehead atoms. The number of ether oxygens (including phenoxy) is 1. The summed E-state index contributed by atoms with van der Waals surface area (Å²) in [5.74, 6) is 0.921. The molecule has 0 amide bonds. The van der Waals surface area contributed by atoms with Gasteiger partial charge in [-0.2, -0.15) is 0 Å². The minimum Gasteiger partial charge on any atom is -0.492 e. The highest BCUT2D eigenvalue weighted by atomic mass is 32.1. The number of rotatable bonds is 4. The second kappa shape index (κ2) is 5.10. The molecule has 19 heavy (non-hydrogen) atoms. The second-order valence-electron chi connectivity index (χ2n) is 4.70. The Bertz CT molecular complexity index is 717. The number of anilines is 1. The summed E-state index contributed by atoms with van der Waals surface area (Å²) < 4.78 is 8.38. The van der Waals surface area contributed by atoms with Gasteiger partial charge in [0.1, 0.15) is 5.75 Å². The SMILES string of the molecule is CCCCOc1cc(N)cc2c1sc1ccccc12. The zero-order chi connectivity index (χ0) is 13.2. The van der Waals surface area contributed by atoms with E-state index in [2.05, 4.69) is 31.2 Å². The van der Waals surface area contributed by atoms with Crippen molar-refractivity contribution in [1.82, 2.24) is 0 Å². The molecule has 0 fully saturated rings. The number of nitrogens with two attached hydrogens (primary N) is 1. The Morgan fingerprint density at radius 2 is 2.00 bits per heavy atom. The molecule has 0 spiro atoms. The van der Waals surface area contributed by atoms with Crippen LogP contribution in [0, 0.1) is 0 Å². The van der Waals surface area contributed by atoms with Crippen LogP contribution in [-0.2, 0) is 0 Å². The van der Waals surface area contributed by atoms with Gasteiger partial charge in [0, 0.05) is 27.2 Å². The topological polar surface area (TPSA) is 35.2 Å².